The first-order valence-electron chi connectivity index (χ1n) is 7.96. The Hall–Kier alpha value is -2.63. The molecule has 120 valence electrons. The molecule has 0 spiro atoms. The number of piperidine rings is 1. The number of carbonyl (C=O) groups is 1. The first kappa shape index (κ1) is 15.3. The lowest BCUT2D eigenvalue weighted by Crippen LogP contribution is -2.30. The highest BCUT2D eigenvalue weighted by Gasteiger charge is 2.12. The number of anilines is 2. The third kappa shape index (κ3) is 4.42. The van der Waals surface area contributed by atoms with Gasteiger partial charge < -0.3 is 15.5 Å². The number of hydrogen-bond donors (Lipinski definition) is 2. The molecule has 6 nitrogen and oxygen atoms in total. The van der Waals surface area contributed by atoms with E-state index in [1.807, 2.05) is 24.3 Å². The third-order valence-electron chi connectivity index (χ3n) is 3.86. The van der Waals surface area contributed by atoms with Crippen molar-refractivity contribution in [2.24, 2.45) is 0 Å². The fourth-order valence-electron chi connectivity index (χ4n) is 2.63. The van der Waals surface area contributed by atoms with Gasteiger partial charge >= 0.3 is 6.03 Å². The summed E-state index contributed by atoms with van der Waals surface area (Å²) in [5.74, 6) is 0.978. The van der Waals surface area contributed by atoms with Crippen LogP contribution in [0.15, 0.2) is 42.9 Å². The zero-order chi connectivity index (χ0) is 15.9. The average molecular weight is 311 g/mol. The number of carbonyl (C=O) groups excluding carboxylic acids is 1. The van der Waals surface area contributed by atoms with Crippen molar-refractivity contribution in [3.8, 4) is 0 Å². The number of aromatic nitrogens is 2. The van der Waals surface area contributed by atoms with E-state index in [4.69, 9.17) is 0 Å². The lowest BCUT2D eigenvalue weighted by atomic mass is 10.1. The van der Waals surface area contributed by atoms with Crippen LogP contribution >= 0.6 is 0 Å². The van der Waals surface area contributed by atoms with Crippen LogP contribution in [0, 0.1) is 0 Å². The maximum Gasteiger partial charge on any atom is 0.319 e. The molecule has 0 atom stereocenters. The number of nitrogens with one attached hydrogen (secondary N) is 2. The van der Waals surface area contributed by atoms with Crippen molar-refractivity contribution in [1.82, 2.24) is 15.3 Å². The summed E-state index contributed by atoms with van der Waals surface area (Å²) in [5.41, 5.74) is 1.65. The summed E-state index contributed by atoms with van der Waals surface area (Å²) < 4.78 is 0. The van der Waals surface area contributed by atoms with Gasteiger partial charge in [0.2, 0.25) is 0 Å². The van der Waals surface area contributed by atoms with E-state index in [0.717, 1.165) is 24.5 Å². The van der Waals surface area contributed by atoms with Crippen molar-refractivity contribution in [3.63, 3.8) is 0 Å². The molecule has 0 aliphatic carbocycles. The molecule has 23 heavy (non-hydrogen) atoms. The molecule has 2 aromatic heterocycles. The molecule has 0 aromatic carbocycles. The fraction of sp³-hybridized carbons (Fsp3) is 0.353. The van der Waals surface area contributed by atoms with Crippen LogP contribution in [-0.4, -0.2) is 29.1 Å². The van der Waals surface area contributed by atoms with Crippen LogP contribution in [0.1, 0.15) is 24.8 Å². The van der Waals surface area contributed by atoms with Gasteiger partial charge in [-0.25, -0.2) is 9.78 Å². The van der Waals surface area contributed by atoms with E-state index in [9.17, 15) is 4.79 Å². The van der Waals surface area contributed by atoms with Crippen LogP contribution in [0.5, 0.6) is 0 Å². The lowest BCUT2D eigenvalue weighted by molar-refractivity contribution is 0.251. The number of urea groups is 1. The second kappa shape index (κ2) is 7.58. The van der Waals surface area contributed by atoms with E-state index in [-0.39, 0.29) is 6.03 Å². The van der Waals surface area contributed by atoms with Crippen LogP contribution in [-0.2, 0) is 6.54 Å². The highest BCUT2D eigenvalue weighted by atomic mass is 16.2. The molecular weight excluding hydrogens is 290 g/mol. The fourth-order valence-corrected chi connectivity index (χ4v) is 2.63. The van der Waals surface area contributed by atoms with E-state index in [0.29, 0.717) is 12.2 Å². The molecule has 0 radical (unpaired) electrons. The van der Waals surface area contributed by atoms with E-state index in [1.165, 1.54) is 19.3 Å². The van der Waals surface area contributed by atoms with Crippen LogP contribution in [0.2, 0.25) is 0 Å². The van der Waals surface area contributed by atoms with Crippen molar-refractivity contribution in [3.05, 3.63) is 48.4 Å². The standard InChI is InChI=1S/C17H21N5O/c23-17(20-12-14-5-4-8-18-11-14)21-15-6-7-16(19-13-15)22-9-2-1-3-10-22/h4-8,11,13H,1-3,9-10,12H2,(H2,20,21,23). The lowest BCUT2D eigenvalue weighted by Gasteiger charge is -2.27. The summed E-state index contributed by atoms with van der Waals surface area (Å²) in [7, 11) is 0. The summed E-state index contributed by atoms with van der Waals surface area (Å²) in [4.78, 5) is 22.6. The molecular formula is C17H21N5O. The van der Waals surface area contributed by atoms with Gasteiger partial charge in [-0.15, -0.1) is 0 Å². The summed E-state index contributed by atoms with van der Waals surface area (Å²) in [6.45, 7) is 2.57. The van der Waals surface area contributed by atoms with Crippen molar-refractivity contribution in [2.45, 2.75) is 25.8 Å². The van der Waals surface area contributed by atoms with Gasteiger partial charge in [0.1, 0.15) is 5.82 Å². The van der Waals surface area contributed by atoms with Gasteiger partial charge in [-0.3, -0.25) is 4.98 Å². The Morgan fingerprint density at radius 1 is 1.13 bits per heavy atom. The minimum atomic E-state index is -0.249. The monoisotopic (exact) mass is 311 g/mol. The van der Waals surface area contributed by atoms with Gasteiger partial charge in [-0.1, -0.05) is 6.07 Å². The average Bonchev–Trinajstić information content (AvgIpc) is 2.62. The highest BCUT2D eigenvalue weighted by molar-refractivity contribution is 5.89. The van der Waals surface area contributed by atoms with Crippen molar-refractivity contribution in [1.29, 1.82) is 0 Å². The van der Waals surface area contributed by atoms with E-state index < -0.39 is 0 Å². The topological polar surface area (TPSA) is 70.2 Å². The van der Waals surface area contributed by atoms with Gasteiger partial charge in [0, 0.05) is 32.0 Å². The second-order valence-electron chi connectivity index (χ2n) is 5.62. The molecule has 2 aromatic rings. The van der Waals surface area contributed by atoms with Gasteiger partial charge in [0.25, 0.3) is 0 Å². The predicted molar refractivity (Wildman–Crippen MR) is 90.4 cm³/mol. The minimum absolute atomic E-state index is 0.249. The van der Waals surface area contributed by atoms with Gasteiger partial charge in [-0.05, 0) is 43.0 Å². The number of nitrogens with zero attached hydrogens (tertiary/aromatic N) is 3. The molecule has 1 fully saturated rings. The Balaban J connectivity index is 1.50. The highest BCUT2D eigenvalue weighted by Crippen LogP contribution is 2.18. The smallest absolute Gasteiger partial charge is 0.319 e. The van der Waals surface area contributed by atoms with Crippen LogP contribution in [0.3, 0.4) is 0 Å². The molecule has 1 aliphatic rings. The Bertz CT molecular complexity index is 623. The van der Waals surface area contributed by atoms with Crippen LogP contribution < -0.4 is 15.5 Å². The molecule has 0 bridgehead atoms. The molecule has 3 rings (SSSR count). The van der Waals surface area contributed by atoms with Gasteiger partial charge in [0.15, 0.2) is 0 Å². The maximum atomic E-state index is 11.9. The second-order valence-corrected chi connectivity index (χ2v) is 5.62. The largest absolute Gasteiger partial charge is 0.357 e. The Labute approximate surface area is 135 Å². The van der Waals surface area contributed by atoms with E-state index in [1.54, 1.807) is 18.6 Å². The normalized spacial score (nSPS) is 14.3. The van der Waals surface area contributed by atoms with Crippen LogP contribution in [0.4, 0.5) is 16.3 Å². The molecule has 2 N–H and O–H groups in total. The van der Waals surface area contributed by atoms with Crippen LogP contribution in [0.25, 0.3) is 0 Å². The zero-order valence-electron chi connectivity index (χ0n) is 13.0. The SMILES string of the molecule is O=C(NCc1cccnc1)Nc1ccc(N2CCCCC2)nc1. The summed E-state index contributed by atoms with van der Waals surface area (Å²) in [6.07, 6.45) is 8.88. The molecule has 1 saturated heterocycles. The quantitative estimate of drug-likeness (QED) is 0.911. The maximum absolute atomic E-state index is 11.9. The molecule has 6 heteroatoms. The summed E-state index contributed by atoms with van der Waals surface area (Å²) >= 11 is 0. The summed E-state index contributed by atoms with van der Waals surface area (Å²) in [5, 5.41) is 5.59. The number of hydrogen-bond acceptors (Lipinski definition) is 4. The van der Waals surface area contributed by atoms with E-state index >= 15 is 0 Å². The predicted octanol–water partition coefficient (Wildman–Crippen LogP) is 2.79. The summed E-state index contributed by atoms with van der Waals surface area (Å²) in [6, 6.07) is 7.37. The van der Waals surface area contributed by atoms with Crippen molar-refractivity contribution in [2.75, 3.05) is 23.3 Å². The molecule has 1 aliphatic heterocycles. The Kier molecular flexibility index (Phi) is 5.03. The van der Waals surface area contributed by atoms with E-state index in [2.05, 4.69) is 25.5 Å². The van der Waals surface area contributed by atoms with Crippen molar-refractivity contribution < 1.29 is 4.79 Å². The molecule has 0 unspecified atom stereocenters. The third-order valence-corrected chi connectivity index (χ3v) is 3.86. The first-order valence-corrected chi connectivity index (χ1v) is 7.96. The Morgan fingerprint density at radius 2 is 2.00 bits per heavy atom. The number of amides is 2. The number of rotatable bonds is 4. The van der Waals surface area contributed by atoms with Gasteiger partial charge in [0.05, 0.1) is 11.9 Å². The van der Waals surface area contributed by atoms with Gasteiger partial charge in [-0.2, -0.15) is 0 Å². The number of pyridine rings is 2. The zero-order valence-corrected chi connectivity index (χ0v) is 13.0. The molecule has 3 heterocycles. The van der Waals surface area contributed by atoms with Crippen molar-refractivity contribution >= 4 is 17.5 Å². The Morgan fingerprint density at radius 3 is 2.70 bits per heavy atom. The molecule has 0 saturated carbocycles. The minimum Gasteiger partial charge on any atom is -0.357 e. The molecule has 2 amide bonds. The first-order chi connectivity index (χ1) is 11.3.